The molecule has 1 aliphatic heterocycles. The number of aromatic nitrogens is 2. The number of rotatable bonds is 4. The van der Waals surface area contributed by atoms with Crippen molar-refractivity contribution in [1.29, 1.82) is 0 Å². The van der Waals surface area contributed by atoms with Crippen molar-refractivity contribution in [2.75, 3.05) is 26.7 Å². The molecule has 1 aliphatic rings. The van der Waals surface area contributed by atoms with E-state index >= 15 is 0 Å². The van der Waals surface area contributed by atoms with E-state index in [-0.39, 0.29) is 11.6 Å². The molecule has 0 aliphatic carbocycles. The van der Waals surface area contributed by atoms with Crippen LogP contribution in [0.2, 0.25) is 0 Å². The van der Waals surface area contributed by atoms with Crippen LogP contribution in [0.5, 0.6) is 0 Å². The van der Waals surface area contributed by atoms with E-state index in [1.54, 1.807) is 18.1 Å². The summed E-state index contributed by atoms with van der Waals surface area (Å²) in [6.45, 7) is 4.27. The molecular formula is C22H22F2N4O. The Kier molecular flexibility index (Phi) is 5.15. The summed E-state index contributed by atoms with van der Waals surface area (Å²) < 4.78 is 29.1. The molecule has 2 heterocycles. The number of halogens is 2. The van der Waals surface area contributed by atoms with Crippen LogP contribution in [0.1, 0.15) is 11.1 Å². The monoisotopic (exact) mass is 396 g/mol. The van der Waals surface area contributed by atoms with Crippen molar-refractivity contribution in [2.24, 2.45) is 0 Å². The molecule has 0 spiro atoms. The average Bonchev–Trinajstić information content (AvgIpc) is 3.08. The second-order valence-corrected chi connectivity index (χ2v) is 7.38. The summed E-state index contributed by atoms with van der Waals surface area (Å²) >= 11 is 0. The van der Waals surface area contributed by atoms with Crippen LogP contribution in [-0.2, 0) is 11.3 Å². The maximum absolute atomic E-state index is 14.4. The standard InChI is InChI=1S/C22H22F2N4O/c1-15-5-3-4-6-18(15)22-16(12-27-10-9-26(2)21(29)14-27)13-28(25-22)20-8-7-17(23)11-19(20)24/h3-8,11,13H,9-10,12,14H2,1-2H3. The first-order valence-electron chi connectivity index (χ1n) is 9.48. The van der Waals surface area contributed by atoms with Gasteiger partial charge >= 0.3 is 0 Å². The van der Waals surface area contributed by atoms with Gasteiger partial charge in [0.2, 0.25) is 5.91 Å². The van der Waals surface area contributed by atoms with Crippen LogP contribution >= 0.6 is 0 Å². The lowest BCUT2D eigenvalue weighted by molar-refractivity contribution is -0.134. The second kappa shape index (κ2) is 7.75. The molecule has 4 rings (SSSR count). The number of nitrogens with zero attached hydrogens (tertiary/aromatic N) is 4. The smallest absolute Gasteiger partial charge is 0.236 e. The zero-order chi connectivity index (χ0) is 20.5. The molecule has 150 valence electrons. The Morgan fingerprint density at radius 2 is 1.90 bits per heavy atom. The van der Waals surface area contributed by atoms with Gasteiger partial charge in [-0.3, -0.25) is 9.69 Å². The van der Waals surface area contributed by atoms with Gasteiger partial charge in [0.15, 0.2) is 5.82 Å². The average molecular weight is 396 g/mol. The number of benzene rings is 2. The molecule has 1 amide bonds. The summed E-state index contributed by atoms with van der Waals surface area (Å²) in [6, 6.07) is 11.3. The van der Waals surface area contributed by atoms with Gasteiger partial charge in [0.25, 0.3) is 0 Å². The minimum Gasteiger partial charge on any atom is -0.343 e. The van der Waals surface area contributed by atoms with Crippen LogP contribution in [0.15, 0.2) is 48.7 Å². The van der Waals surface area contributed by atoms with Gasteiger partial charge in [0, 0.05) is 50.1 Å². The van der Waals surface area contributed by atoms with Gasteiger partial charge in [-0.1, -0.05) is 24.3 Å². The zero-order valence-electron chi connectivity index (χ0n) is 16.4. The SMILES string of the molecule is Cc1ccccc1-c1nn(-c2ccc(F)cc2F)cc1CN1CCN(C)C(=O)C1. The van der Waals surface area contributed by atoms with Crippen LogP contribution in [0, 0.1) is 18.6 Å². The van der Waals surface area contributed by atoms with E-state index in [1.165, 1.54) is 16.8 Å². The minimum atomic E-state index is -0.676. The molecule has 29 heavy (non-hydrogen) atoms. The Balaban J connectivity index is 1.75. The molecule has 0 radical (unpaired) electrons. The summed E-state index contributed by atoms with van der Waals surface area (Å²) in [4.78, 5) is 15.9. The number of aryl methyl sites for hydroxylation is 1. The highest BCUT2D eigenvalue weighted by Crippen LogP contribution is 2.28. The van der Waals surface area contributed by atoms with Crippen molar-refractivity contribution in [3.05, 3.63) is 71.4 Å². The van der Waals surface area contributed by atoms with Crippen LogP contribution in [0.25, 0.3) is 16.9 Å². The molecule has 7 heteroatoms. The first-order valence-corrected chi connectivity index (χ1v) is 9.48. The quantitative estimate of drug-likeness (QED) is 0.679. The largest absolute Gasteiger partial charge is 0.343 e. The van der Waals surface area contributed by atoms with E-state index in [0.29, 0.717) is 19.6 Å². The Morgan fingerprint density at radius 1 is 1.10 bits per heavy atom. The summed E-state index contributed by atoms with van der Waals surface area (Å²) in [7, 11) is 1.80. The fraction of sp³-hybridized carbons (Fsp3) is 0.273. The number of hydrogen-bond donors (Lipinski definition) is 0. The van der Waals surface area contributed by atoms with Gasteiger partial charge in [-0.15, -0.1) is 0 Å². The Labute approximate surface area is 168 Å². The number of piperazine rings is 1. The number of carbonyl (C=O) groups is 1. The number of hydrogen-bond acceptors (Lipinski definition) is 3. The first-order chi connectivity index (χ1) is 13.9. The summed E-state index contributed by atoms with van der Waals surface area (Å²) in [6.07, 6.45) is 1.76. The normalized spacial score (nSPS) is 15.2. The Bertz CT molecular complexity index is 1060. The maximum atomic E-state index is 14.4. The van der Waals surface area contributed by atoms with Crippen LogP contribution in [-0.4, -0.2) is 52.2 Å². The fourth-order valence-electron chi connectivity index (χ4n) is 3.56. The van der Waals surface area contributed by atoms with Gasteiger partial charge in [-0.2, -0.15) is 5.10 Å². The molecule has 0 unspecified atom stereocenters. The molecular weight excluding hydrogens is 374 g/mol. The number of carbonyl (C=O) groups excluding carboxylic acids is 1. The van der Waals surface area contributed by atoms with E-state index in [0.717, 1.165) is 35.0 Å². The highest BCUT2D eigenvalue weighted by molar-refractivity contribution is 5.78. The lowest BCUT2D eigenvalue weighted by atomic mass is 10.0. The fourth-order valence-corrected chi connectivity index (χ4v) is 3.56. The molecule has 0 bridgehead atoms. The van der Waals surface area contributed by atoms with Gasteiger partial charge in [-0.25, -0.2) is 13.5 Å². The topological polar surface area (TPSA) is 41.4 Å². The van der Waals surface area contributed by atoms with E-state index < -0.39 is 11.6 Å². The molecule has 0 N–H and O–H groups in total. The molecule has 1 saturated heterocycles. The Hall–Kier alpha value is -3.06. The first kappa shape index (κ1) is 19.3. The summed E-state index contributed by atoms with van der Waals surface area (Å²) in [5.74, 6) is -1.23. The maximum Gasteiger partial charge on any atom is 0.236 e. The molecule has 3 aromatic rings. The third kappa shape index (κ3) is 3.91. The van der Waals surface area contributed by atoms with Crippen molar-refractivity contribution in [3.8, 4) is 16.9 Å². The van der Waals surface area contributed by atoms with Crippen molar-refractivity contribution >= 4 is 5.91 Å². The molecule has 2 aromatic carbocycles. The van der Waals surface area contributed by atoms with E-state index in [1.807, 2.05) is 31.2 Å². The lowest BCUT2D eigenvalue weighted by Crippen LogP contribution is -2.47. The van der Waals surface area contributed by atoms with Crippen LogP contribution < -0.4 is 0 Å². The van der Waals surface area contributed by atoms with Crippen molar-refractivity contribution in [3.63, 3.8) is 0 Å². The van der Waals surface area contributed by atoms with Gasteiger partial charge < -0.3 is 4.90 Å². The highest BCUT2D eigenvalue weighted by Gasteiger charge is 2.24. The molecule has 5 nitrogen and oxygen atoms in total. The number of amides is 1. The van der Waals surface area contributed by atoms with Crippen molar-refractivity contribution in [1.82, 2.24) is 19.6 Å². The number of likely N-dealkylation sites (N-methyl/N-ethyl adjacent to an activating group) is 1. The second-order valence-electron chi connectivity index (χ2n) is 7.38. The van der Waals surface area contributed by atoms with Crippen LogP contribution in [0.4, 0.5) is 8.78 Å². The third-order valence-corrected chi connectivity index (χ3v) is 5.28. The van der Waals surface area contributed by atoms with Crippen molar-refractivity contribution in [2.45, 2.75) is 13.5 Å². The summed E-state index contributed by atoms with van der Waals surface area (Å²) in [5.41, 5.74) is 3.80. The van der Waals surface area contributed by atoms with Gasteiger partial charge in [0.05, 0.1) is 12.2 Å². The molecule has 1 aromatic heterocycles. The Morgan fingerprint density at radius 3 is 2.62 bits per heavy atom. The molecule has 0 saturated carbocycles. The molecule has 0 atom stereocenters. The van der Waals surface area contributed by atoms with Crippen molar-refractivity contribution < 1.29 is 13.6 Å². The van der Waals surface area contributed by atoms with Gasteiger partial charge in [0.1, 0.15) is 11.5 Å². The predicted molar refractivity (Wildman–Crippen MR) is 107 cm³/mol. The van der Waals surface area contributed by atoms with Gasteiger partial charge in [-0.05, 0) is 24.6 Å². The van der Waals surface area contributed by atoms with E-state index in [4.69, 9.17) is 0 Å². The van der Waals surface area contributed by atoms with E-state index in [2.05, 4.69) is 10.00 Å². The zero-order valence-corrected chi connectivity index (χ0v) is 16.4. The highest BCUT2D eigenvalue weighted by atomic mass is 19.1. The lowest BCUT2D eigenvalue weighted by Gasteiger charge is -2.31. The summed E-state index contributed by atoms with van der Waals surface area (Å²) in [5, 5.41) is 4.63. The van der Waals surface area contributed by atoms with Crippen LogP contribution in [0.3, 0.4) is 0 Å². The van der Waals surface area contributed by atoms with E-state index in [9.17, 15) is 13.6 Å². The third-order valence-electron chi connectivity index (χ3n) is 5.28. The minimum absolute atomic E-state index is 0.0747. The predicted octanol–water partition coefficient (Wildman–Crippen LogP) is 3.40. The molecule has 1 fully saturated rings.